The van der Waals surface area contributed by atoms with Crippen LogP contribution in [0.2, 0.25) is 0 Å². The molecule has 1 aromatic heterocycles. The summed E-state index contributed by atoms with van der Waals surface area (Å²) in [4.78, 5) is 20.5. The summed E-state index contributed by atoms with van der Waals surface area (Å²) in [5.41, 5.74) is 2.07. The van der Waals surface area contributed by atoms with Crippen LogP contribution in [0.5, 0.6) is 5.75 Å². The van der Waals surface area contributed by atoms with Gasteiger partial charge in [0.25, 0.3) is 5.91 Å². The number of anilines is 2. The van der Waals surface area contributed by atoms with Crippen molar-refractivity contribution in [1.29, 1.82) is 0 Å². The predicted molar refractivity (Wildman–Crippen MR) is 95.9 cm³/mol. The summed E-state index contributed by atoms with van der Waals surface area (Å²) in [5, 5.41) is 5.94. The van der Waals surface area contributed by atoms with E-state index in [-0.39, 0.29) is 11.6 Å². The third kappa shape index (κ3) is 4.32. The van der Waals surface area contributed by atoms with Crippen LogP contribution in [0.15, 0.2) is 67.0 Å². The van der Waals surface area contributed by atoms with Crippen molar-refractivity contribution in [2.24, 2.45) is 0 Å². The van der Waals surface area contributed by atoms with Gasteiger partial charge in [-0.1, -0.05) is 42.5 Å². The minimum atomic E-state index is -0.264. The second-order valence-electron chi connectivity index (χ2n) is 5.28. The Morgan fingerprint density at radius 3 is 2.48 bits per heavy atom. The van der Waals surface area contributed by atoms with Crippen LogP contribution in [0.25, 0.3) is 0 Å². The molecular weight excluding hydrogens is 316 g/mol. The highest BCUT2D eigenvalue weighted by molar-refractivity contribution is 5.92. The Bertz CT molecular complexity index is 836. The van der Waals surface area contributed by atoms with Gasteiger partial charge in [-0.25, -0.2) is 9.97 Å². The van der Waals surface area contributed by atoms with Crippen molar-refractivity contribution in [2.45, 2.75) is 6.54 Å². The number of nitrogens with one attached hydrogen (secondary N) is 2. The van der Waals surface area contributed by atoms with E-state index >= 15 is 0 Å². The van der Waals surface area contributed by atoms with Crippen LogP contribution in [0.3, 0.4) is 0 Å². The Labute approximate surface area is 145 Å². The van der Waals surface area contributed by atoms with Gasteiger partial charge in [0.1, 0.15) is 17.3 Å². The van der Waals surface area contributed by atoms with Gasteiger partial charge >= 0.3 is 0 Å². The Morgan fingerprint density at radius 2 is 1.76 bits per heavy atom. The number of rotatable bonds is 6. The number of aromatic nitrogens is 2. The van der Waals surface area contributed by atoms with Crippen molar-refractivity contribution in [3.63, 3.8) is 0 Å². The van der Waals surface area contributed by atoms with Crippen LogP contribution in [0.1, 0.15) is 16.1 Å². The average molecular weight is 334 g/mol. The summed E-state index contributed by atoms with van der Waals surface area (Å²) in [6.07, 6.45) is 2.96. The third-order valence-electron chi connectivity index (χ3n) is 3.55. The molecule has 3 aromatic rings. The number of amides is 1. The SMILES string of the molecule is COc1ccccc1Nc1cnc(C(=O)NCc2ccccc2)cn1. The van der Waals surface area contributed by atoms with Crippen LogP contribution in [-0.4, -0.2) is 23.0 Å². The maximum absolute atomic E-state index is 12.1. The second kappa shape index (κ2) is 7.92. The van der Waals surface area contributed by atoms with Gasteiger partial charge in [-0.05, 0) is 17.7 Å². The fourth-order valence-electron chi connectivity index (χ4n) is 2.26. The molecule has 126 valence electrons. The average Bonchev–Trinajstić information content (AvgIpc) is 2.68. The number of carbonyl (C=O) groups is 1. The molecule has 25 heavy (non-hydrogen) atoms. The van der Waals surface area contributed by atoms with E-state index in [1.807, 2.05) is 54.6 Å². The molecule has 1 amide bonds. The van der Waals surface area contributed by atoms with Gasteiger partial charge in [0.05, 0.1) is 25.2 Å². The normalized spacial score (nSPS) is 10.1. The van der Waals surface area contributed by atoms with Gasteiger partial charge < -0.3 is 15.4 Å². The molecule has 0 aliphatic heterocycles. The predicted octanol–water partition coefficient (Wildman–Crippen LogP) is 3.16. The van der Waals surface area contributed by atoms with Crippen LogP contribution < -0.4 is 15.4 Å². The van der Waals surface area contributed by atoms with E-state index < -0.39 is 0 Å². The van der Waals surface area contributed by atoms with Gasteiger partial charge in [0.2, 0.25) is 0 Å². The van der Waals surface area contributed by atoms with Crippen molar-refractivity contribution >= 4 is 17.4 Å². The molecule has 0 saturated heterocycles. The molecule has 0 spiro atoms. The lowest BCUT2D eigenvalue weighted by Crippen LogP contribution is -2.24. The van der Waals surface area contributed by atoms with E-state index in [1.54, 1.807) is 7.11 Å². The number of benzene rings is 2. The van der Waals surface area contributed by atoms with Crippen molar-refractivity contribution in [3.05, 3.63) is 78.2 Å². The molecule has 2 aromatic carbocycles. The molecule has 0 saturated carbocycles. The third-order valence-corrected chi connectivity index (χ3v) is 3.55. The molecule has 0 aliphatic carbocycles. The molecule has 6 heteroatoms. The monoisotopic (exact) mass is 334 g/mol. The molecule has 2 N–H and O–H groups in total. The first kappa shape index (κ1) is 16.4. The maximum Gasteiger partial charge on any atom is 0.271 e. The highest BCUT2D eigenvalue weighted by Crippen LogP contribution is 2.25. The minimum Gasteiger partial charge on any atom is -0.495 e. The number of carbonyl (C=O) groups excluding carboxylic acids is 1. The fraction of sp³-hybridized carbons (Fsp3) is 0.105. The zero-order valence-electron chi connectivity index (χ0n) is 13.8. The van der Waals surface area contributed by atoms with E-state index in [2.05, 4.69) is 20.6 Å². The number of methoxy groups -OCH3 is 1. The van der Waals surface area contributed by atoms with Crippen molar-refractivity contribution in [1.82, 2.24) is 15.3 Å². The highest BCUT2D eigenvalue weighted by atomic mass is 16.5. The lowest BCUT2D eigenvalue weighted by atomic mass is 10.2. The lowest BCUT2D eigenvalue weighted by molar-refractivity contribution is 0.0945. The Hall–Kier alpha value is -3.41. The first-order valence-corrected chi connectivity index (χ1v) is 7.80. The molecule has 0 aliphatic rings. The van der Waals surface area contributed by atoms with Crippen LogP contribution >= 0.6 is 0 Å². The summed E-state index contributed by atoms with van der Waals surface area (Å²) >= 11 is 0. The summed E-state index contributed by atoms with van der Waals surface area (Å²) < 4.78 is 5.28. The molecule has 0 radical (unpaired) electrons. The van der Waals surface area contributed by atoms with Crippen LogP contribution in [0, 0.1) is 0 Å². The largest absolute Gasteiger partial charge is 0.495 e. The zero-order chi connectivity index (χ0) is 17.5. The second-order valence-corrected chi connectivity index (χ2v) is 5.28. The lowest BCUT2D eigenvalue weighted by Gasteiger charge is -2.10. The molecule has 0 bridgehead atoms. The van der Waals surface area contributed by atoms with Crippen molar-refractivity contribution in [2.75, 3.05) is 12.4 Å². The summed E-state index contributed by atoms with van der Waals surface area (Å²) in [6, 6.07) is 17.2. The number of ether oxygens (including phenoxy) is 1. The Kier molecular flexibility index (Phi) is 5.21. The summed E-state index contributed by atoms with van der Waals surface area (Å²) in [5.74, 6) is 0.971. The van der Waals surface area contributed by atoms with Gasteiger partial charge in [-0.15, -0.1) is 0 Å². The number of hydrogen-bond acceptors (Lipinski definition) is 5. The van der Waals surface area contributed by atoms with E-state index in [0.29, 0.717) is 18.1 Å². The van der Waals surface area contributed by atoms with E-state index in [1.165, 1.54) is 12.4 Å². The maximum atomic E-state index is 12.1. The quantitative estimate of drug-likeness (QED) is 0.724. The molecular formula is C19H18N4O2. The Morgan fingerprint density at radius 1 is 1.00 bits per heavy atom. The van der Waals surface area contributed by atoms with Crippen molar-refractivity contribution < 1.29 is 9.53 Å². The highest BCUT2D eigenvalue weighted by Gasteiger charge is 2.09. The van der Waals surface area contributed by atoms with Crippen LogP contribution in [-0.2, 0) is 6.54 Å². The number of nitrogens with zero attached hydrogens (tertiary/aromatic N) is 2. The standard InChI is InChI=1S/C19H18N4O2/c1-25-17-10-6-5-9-15(17)23-18-13-20-16(12-21-18)19(24)22-11-14-7-3-2-4-8-14/h2-10,12-13H,11H2,1H3,(H,21,23)(H,22,24). The zero-order valence-corrected chi connectivity index (χ0v) is 13.8. The van der Waals surface area contributed by atoms with Gasteiger partial charge in [0.15, 0.2) is 0 Å². The first-order chi connectivity index (χ1) is 12.3. The molecule has 1 heterocycles. The summed E-state index contributed by atoms with van der Waals surface area (Å²) in [7, 11) is 1.60. The fourth-order valence-corrected chi connectivity index (χ4v) is 2.26. The Balaban J connectivity index is 1.62. The van der Waals surface area contributed by atoms with Gasteiger partial charge in [-0.3, -0.25) is 4.79 Å². The molecule has 6 nitrogen and oxygen atoms in total. The van der Waals surface area contributed by atoms with Gasteiger partial charge in [-0.2, -0.15) is 0 Å². The number of para-hydroxylation sites is 2. The van der Waals surface area contributed by atoms with Gasteiger partial charge in [0, 0.05) is 6.54 Å². The van der Waals surface area contributed by atoms with Crippen molar-refractivity contribution in [3.8, 4) is 5.75 Å². The van der Waals surface area contributed by atoms with E-state index in [0.717, 1.165) is 11.3 Å². The van der Waals surface area contributed by atoms with E-state index in [4.69, 9.17) is 4.74 Å². The molecule has 0 fully saturated rings. The van der Waals surface area contributed by atoms with E-state index in [9.17, 15) is 4.79 Å². The topological polar surface area (TPSA) is 76.1 Å². The molecule has 0 unspecified atom stereocenters. The molecule has 0 atom stereocenters. The minimum absolute atomic E-state index is 0.264. The first-order valence-electron chi connectivity index (χ1n) is 7.80. The smallest absolute Gasteiger partial charge is 0.271 e. The number of hydrogen-bond donors (Lipinski definition) is 2. The molecule has 3 rings (SSSR count). The summed E-state index contributed by atoms with van der Waals surface area (Å²) in [6.45, 7) is 0.447. The van der Waals surface area contributed by atoms with Crippen LogP contribution in [0.4, 0.5) is 11.5 Å².